The lowest BCUT2D eigenvalue weighted by Gasteiger charge is -2.19. The minimum atomic E-state index is -0.620. The Morgan fingerprint density at radius 1 is 1.14 bits per heavy atom. The summed E-state index contributed by atoms with van der Waals surface area (Å²) in [6.45, 7) is 7.12. The summed E-state index contributed by atoms with van der Waals surface area (Å²) in [5.41, 5.74) is 0.592. The lowest BCUT2D eigenvalue weighted by molar-refractivity contribution is 0.0511. The molecule has 0 saturated carbocycles. The molecule has 3 N–H and O–H groups in total. The van der Waals surface area contributed by atoms with E-state index in [0.29, 0.717) is 28.8 Å². The maximum atomic E-state index is 12.2. The first kappa shape index (κ1) is 20.4. The van der Waals surface area contributed by atoms with Gasteiger partial charge in [0.05, 0.1) is 17.4 Å². The Kier molecular flexibility index (Phi) is 5.60. The molecule has 1 aromatic carbocycles. The summed E-state index contributed by atoms with van der Waals surface area (Å²) in [5.74, 6) is 1.24. The average molecular weight is 417 g/mol. The van der Waals surface area contributed by atoms with Crippen LogP contribution in [0, 0.1) is 6.92 Å². The van der Waals surface area contributed by atoms with Gasteiger partial charge in [0.1, 0.15) is 11.4 Å². The first-order valence-corrected chi connectivity index (χ1v) is 9.13. The smallest absolute Gasteiger partial charge is 0.435 e. The zero-order valence-electron chi connectivity index (χ0n) is 16.4. The monoisotopic (exact) mass is 416 g/mol. The normalized spacial score (nSPS) is 11.2. The van der Waals surface area contributed by atoms with Crippen LogP contribution < -0.4 is 10.6 Å². The molecule has 0 amide bonds. The first-order valence-electron chi connectivity index (χ1n) is 8.75. The second-order valence-corrected chi connectivity index (χ2v) is 7.68. The molecule has 10 heteroatoms. The van der Waals surface area contributed by atoms with Crippen molar-refractivity contribution >= 4 is 40.8 Å². The van der Waals surface area contributed by atoms with Crippen LogP contribution in [-0.4, -0.2) is 36.5 Å². The quantitative estimate of drug-likeness (QED) is 0.564. The molecule has 0 atom stereocenters. The number of carbonyl (C=O) groups excluding carboxylic acids is 1. The van der Waals surface area contributed by atoms with Crippen LogP contribution in [0.3, 0.4) is 0 Å². The number of hydrogen-bond donors (Lipinski definition) is 3. The molecule has 152 valence electrons. The van der Waals surface area contributed by atoms with Gasteiger partial charge in [0.15, 0.2) is 17.5 Å². The fourth-order valence-corrected chi connectivity index (χ4v) is 2.50. The molecule has 0 bridgehead atoms. The Hall–Kier alpha value is -3.33. The number of halogens is 1. The molecule has 29 heavy (non-hydrogen) atoms. The molecule has 0 spiro atoms. The fraction of sp³-hybridized carbons (Fsp3) is 0.263. The fourth-order valence-electron chi connectivity index (χ4n) is 2.38. The second-order valence-electron chi connectivity index (χ2n) is 7.27. The van der Waals surface area contributed by atoms with Crippen LogP contribution in [0.1, 0.15) is 26.5 Å². The van der Waals surface area contributed by atoms with Crippen LogP contribution in [0.2, 0.25) is 5.02 Å². The number of phenolic OH excluding ortho intramolecular Hbond substituents is 1. The summed E-state index contributed by atoms with van der Waals surface area (Å²) in [5, 5.41) is 20.2. The molecule has 3 rings (SSSR count). The molecular formula is C19H21ClN6O3. The van der Waals surface area contributed by atoms with E-state index in [-0.39, 0.29) is 10.8 Å². The Morgan fingerprint density at radius 2 is 1.83 bits per heavy atom. The van der Waals surface area contributed by atoms with E-state index in [9.17, 15) is 9.90 Å². The van der Waals surface area contributed by atoms with Gasteiger partial charge in [-0.1, -0.05) is 11.6 Å². The highest BCUT2D eigenvalue weighted by atomic mass is 35.5. The number of ether oxygens (including phenoxy) is 1. The van der Waals surface area contributed by atoms with E-state index >= 15 is 0 Å². The number of nitrogens with zero attached hydrogens (tertiary/aromatic N) is 4. The van der Waals surface area contributed by atoms with Gasteiger partial charge in [0.25, 0.3) is 0 Å². The molecule has 2 heterocycles. The Morgan fingerprint density at radius 3 is 2.48 bits per heavy atom. The molecule has 0 radical (unpaired) electrons. The number of anilines is 4. The summed E-state index contributed by atoms with van der Waals surface area (Å²) < 4.78 is 6.52. The average Bonchev–Trinajstić information content (AvgIpc) is 2.97. The molecule has 9 nitrogen and oxygen atoms in total. The molecule has 0 aliphatic carbocycles. The third kappa shape index (κ3) is 5.35. The summed E-state index contributed by atoms with van der Waals surface area (Å²) >= 11 is 5.81. The largest absolute Gasteiger partial charge is 0.506 e. The predicted molar refractivity (Wildman–Crippen MR) is 110 cm³/mol. The number of carbonyl (C=O) groups is 1. The number of aromatic nitrogens is 4. The first-order chi connectivity index (χ1) is 13.6. The topological polar surface area (TPSA) is 114 Å². The summed E-state index contributed by atoms with van der Waals surface area (Å²) in [7, 11) is 0. The third-order valence-electron chi connectivity index (χ3n) is 3.56. The second kappa shape index (κ2) is 7.96. The van der Waals surface area contributed by atoms with Crippen LogP contribution >= 0.6 is 11.6 Å². The van der Waals surface area contributed by atoms with Crippen molar-refractivity contribution in [3.8, 4) is 5.75 Å². The highest BCUT2D eigenvalue weighted by Gasteiger charge is 2.20. The van der Waals surface area contributed by atoms with Gasteiger partial charge >= 0.3 is 6.09 Å². The summed E-state index contributed by atoms with van der Waals surface area (Å²) in [6, 6.07) is 6.45. The van der Waals surface area contributed by atoms with Crippen molar-refractivity contribution in [1.82, 2.24) is 19.7 Å². The van der Waals surface area contributed by atoms with Gasteiger partial charge in [-0.25, -0.2) is 9.78 Å². The lowest BCUT2D eigenvalue weighted by Crippen LogP contribution is -2.28. The van der Waals surface area contributed by atoms with Crippen molar-refractivity contribution < 1.29 is 14.6 Å². The van der Waals surface area contributed by atoms with Gasteiger partial charge in [-0.05, 0) is 39.8 Å². The molecular weight excluding hydrogens is 396 g/mol. The standard InChI is InChI=1S/C19H21ClN6O3/c1-11-7-15(25-26(11)18(28)29-19(2,3)4)23-17-10-21-9-16(24-17)22-12-5-6-13(20)14(27)8-12/h5-10,27H,1-4H3,(H2,22,23,24,25). The third-order valence-corrected chi connectivity index (χ3v) is 3.88. The number of hydrogen-bond acceptors (Lipinski definition) is 8. The van der Waals surface area contributed by atoms with Gasteiger partial charge in [0.2, 0.25) is 0 Å². The number of phenols is 1. The van der Waals surface area contributed by atoms with Gasteiger partial charge in [-0.2, -0.15) is 4.68 Å². The van der Waals surface area contributed by atoms with E-state index in [2.05, 4.69) is 25.7 Å². The number of aromatic hydroxyl groups is 1. The van der Waals surface area contributed by atoms with Crippen LogP contribution in [0.5, 0.6) is 5.75 Å². The van der Waals surface area contributed by atoms with E-state index in [4.69, 9.17) is 16.3 Å². The maximum absolute atomic E-state index is 12.2. The van der Waals surface area contributed by atoms with Crippen LogP contribution in [0.4, 0.5) is 27.9 Å². The van der Waals surface area contributed by atoms with Crippen molar-refractivity contribution in [2.24, 2.45) is 0 Å². The van der Waals surface area contributed by atoms with Gasteiger partial charge < -0.3 is 20.5 Å². The van der Waals surface area contributed by atoms with Gasteiger partial charge in [-0.15, -0.1) is 5.10 Å². The number of aryl methyl sites for hydroxylation is 1. The minimum Gasteiger partial charge on any atom is -0.506 e. The highest BCUT2D eigenvalue weighted by molar-refractivity contribution is 6.32. The predicted octanol–water partition coefficient (Wildman–Crippen LogP) is 4.61. The number of nitrogens with one attached hydrogen (secondary N) is 2. The molecule has 0 saturated heterocycles. The van der Waals surface area contributed by atoms with E-state index in [0.717, 1.165) is 0 Å². The number of rotatable bonds is 4. The van der Waals surface area contributed by atoms with Crippen LogP contribution in [0.15, 0.2) is 36.7 Å². The Labute approximate surface area is 172 Å². The summed E-state index contributed by atoms with van der Waals surface area (Å²) in [6.07, 6.45) is 2.49. The van der Waals surface area contributed by atoms with Crippen molar-refractivity contribution in [2.75, 3.05) is 10.6 Å². The van der Waals surface area contributed by atoms with Crippen molar-refractivity contribution in [3.63, 3.8) is 0 Å². The van der Waals surface area contributed by atoms with E-state index in [1.54, 1.807) is 45.9 Å². The van der Waals surface area contributed by atoms with E-state index in [1.165, 1.54) is 23.1 Å². The SMILES string of the molecule is Cc1cc(Nc2cncc(Nc3ccc(Cl)c(O)c3)n2)nn1C(=O)OC(C)(C)C. The highest BCUT2D eigenvalue weighted by Crippen LogP contribution is 2.27. The summed E-state index contributed by atoms with van der Waals surface area (Å²) in [4.78, 5) is 20.8. The zero-order chi connectivity index (χ0) is 21.2. The Bertz CT molecular complexity index is 1040. The van der Waals surface area contributed by atoms with Gasteiger partial charge in [-0.3, -0.25) is 4.98 Å². The lowest BCUT2D eigenvalue weighted by atomic mass is 10.2. The van der Waals surface area contributed by atoms with E-state index in [1.807, 2.05) is 0 Å². The van der Waals surface area contributed by atoms with E-state index < -0.39 is 11.7 Å². The van der Waals surface area contributed by atoms with Crippen LogP contribution in [0.25, 0.3) is 0 Å². The maximum Gasteiger partial charge on any atom is 0.435 e. The van der Waals surface area contributed by atoms with Gasteiger partial charge in [0, 0.05) is 23.5 Å². The van der Waals surface area contributed by atoms with Crippen LogP contribution in [-0.2, 0) is 4.74 Å². The molecule has 0 fully saturated rings. The molecule has 0 unspecified atom stereocenters. The molecule has 0 aliphatic rings. The molecule has 0 aliphatic heterocycles. The molecule has 3 aromatic rings. The van der Waals surface area contributed by atoms with Crippen molar-refractivity contribution in [2.45, 2.75) is 33.3 Å². The zero-order valence-corrected chi connectivity index (χ0v) is 17.2. The number of benzene rings is 1. The van der Waals surface area contributed by atoms with Crippen molar-refractivity contribution in [1.29, 1.82) is 0 Å². The molecule has 2 aromatic heterocycles. The van der Waals surface area contributed by atoms with Crippen molar-refractivity contribution in [3.05, 3.63) is 47.4 Å². The Balaban J connectivity index is 1.74. The minimum absolute atomic E-state index is 0.0398.